The van der Waals surface area contributed by atoms with Gasteiger partial charge in [0.1, 0.15) is 5.75 Å². The van der Waals surface area contributed by atoms with Crippen molar-refractivity contribution in [1.29, 1.82) is 0 Å². The largest absolute Gasteiger partial charge is 0.507 e. The Balaban J connectivity index is 1.65. The number of non-ortho nitro benzene ring substituents is 3. The Bertz CT molecular complexity index is 1600. The normalized spacial score (nSPS) is 14.0. The maximum absolute atomic E-state index is 12.4. The van der Waals surface area contributed by atoms with E-state index < -0.39 is 38.0 Å². The number of nitro benzene ring substituents is 3. The lowest BCUT2D eigenvalue weighted by Gasteiger charge is -2.02. The van der Waals surface area contributed by atoms with E-state index in [1.165, 1.54) is 42.5 Å². The molecule has 4 rings (SSSR count). The predicted molar refractivity (Wildman–Crippen MR) is 130 cm³/mol. The molecular formula is C23H14N6O9. The number of aryl methyl sites for hydroxylation is 1. The maximum atomic E-state index is 12.4. The summed E-state index contributed by atoms with van der Waals surface area (Å²) >= 11 is 0. The Kier molecular flexibility index (Phi) is 6.65. The zero-order chi connectivity index (χ0) is 27.6. The molecule has 0 saturated heterocycles. The van der Waals surface area contributed by atoms with Gasteiger partial charge in [-0.1, -0.05) is 0 Å². The van der Waals surface area contributed by atoms with Crippen LogP contribution in [0.15, 0.2) is 75.5 Å². The number of aromatic hydroxyl groups is 1. The number of phenolic OH excluding ortho intramolecular Hbond substituents is 1. The van der Waals surface area contributed by atoms with Crippen molar-refractivity contribution in [2.24, 2.45) is 15.2 Å². The molecule has 15 heteroatoms. The summed E-state index contributed by atoms with van der Waals surface area (Å²) in [5, 5.41) is 51.5. The summed E-state index contributed by atoms with van der Waals surface area (Å²) in [6.07, 6.45) is 1.17. The number of esters is 1. The molecule has 1 N–H and O–H groups in total. The van der Waals surface area contributed by atoms with Gasteiger partial charge in [0.15, 0.2) is 5.70 Å². The highest BCUT2D eigenvalue weighted by Gasteiger charge is 2.28. The molecule has 0 atom stereocenters. The lowest BCUT2D eigenvalue weighted by molar-refractivity contribution is -0.394. The highest BCUT2D eigenvalue weighted by atomic mass is 16.6. The average molecular weight is 518 g/mol. The van der Waals surface area contributed by atoms with Crippen LogP contribution in [0.2, 0.25) is 0 Å². The minimum atomic E-state index is -0.956. The molecule has 0 bridgehead atoms. The molecule has 0 unspecified atom stereocenters. The zero-order valence-corrected chi connectivity index (χ0v) is 19.2. The quantitative estimate of drug-likeness (QED) is 0.143. The van der Waals surface area contributed by atoms with E-state index in [9.17, 15) is 40.2 Å². The molecule has 0 radical (unpaired) electrons. The van der Waals surface area contributed by atoms with Crippen molar-refractivity contribution >= 4 is 46.4 Å². The van der Waals surface area contributed by atoms with Crippen molar-refractivity contribution in [3.8, 4) is 5.75 Å². The third-order valence-electron chi connectivity index (χ3n) is 5.16. The molecule has 190 valence electrons. The number of aliphatic imine (C=N–C) groups is 1. The van der Waals surface area contributed by atoms with E-state index in [1.54, 1.807) is 6.92 Å². The molecular weight excluding hydrogens is 504 g/mol. The first-order valence-corrected chi connectivity index (χ1v) is 10.5. The molecule has 0 aromatic heterocycles. The van der Waals surface area contributed by atoms with Crippen LogP contribution in [0.4, 0.5) is 28.4 Å². The number of nitrogens with zero attached hydrogens (tertiary/aromatic N) is 6. The molecule has 3 aromatic carbocycles. The number of carbonyl (C=O) groups is 1. The number of carbonyl (C=O) groups excluding carboxylic acids is 1. The molecule has 0 aliphatic carbocycles. The minimum Gasteiger partial charge on any atom is -0.507 e. The Hall–Kier alpha value is -5.86. The molecule has 0 saturated carbocycles. The minimum absolute atomic E-state index is 0.0944. The molecule has 0 amide bonds. The highest BCUT2D eigenvalue weighted by molar-refractivity contribution is 6.13. The molecule has 15 nitrogen and oxygen atoms in total. The van der Waals surface area contributed by atoms with Gasteiger partial charge in [-0.2, -0.15) is 10.2 Å². The van der Waals surface area contributed by atoms with Crippen LogP contribution in [0.25, 0.3) is 6.08 Å². The van der Waals surface area contributed by atoms with Crippen molar-refractivity contribution in [2.75, 3.05) is 0 Å². The fourth-order valence-corrected chi connectivity index (χ4v) is 3.31. The summed E-state index contributed by atoms with van der Waals surface area (Å²) in [4.78, 5) is 47.3. The van der Waals surface area contributed by atoms with Gasteiger partial charge >= 0.3 is 5.97 Å². The molecule has 1 aliphatic heterocycles. The summed E-state index contributed by atoms with van der Waals surface area (Å²) < 4.78 is 5.04. The number of cyclic esters (lactones) is 1. The van der Waals surface area contributed by atoms with Gasteiger partial charge in [-0.3, -0.25) is 30.3 Å². The standard InChI is InChI=1S/C23H14N6O9/c1-12-6-16(27(32)33)3-4-19(12)26-25-15-2-5-21(30)13(7-15)10-20-23(31)38-22(24-20)14-8-17(28(34)35)11-18(9-14)29(36)37/h2-11,30H,1H3/b20-10+,26-25?. The van der Waals surface area contributed by atoms with E-state index in [0.29, 0.717) is 11.3 Å². The summed E-state index contributed by atoms with van der Waals surface area (Å²) in [5.41, 5.74) is -0.472. The van der Waals surface area contributed by atoms with Crippen LogP contribution < -0.4 is 0 Å². The number of benzene rings is 3. The Morgan fingerprint density at radius 3 is 2.13 bits per heavy atom. The fraction of sp³-hybridized carbons (Fsp3) is 0.0435. The summed E-state index contributed by atoms with van der Waals surface area (Å²) in [5.74, 6) is -1.59. The van der Waals surface area contributed by atoms with Crippen molar-refractivity contribution < 1.29 is 29.4 Å². The smallest absolute Gasteiger partial charge is 0.363 e. The van der Waals surface area contributed by atoms with Gasteiger partial charge in [-0.05, 0) is 42.8 Å². The van der Waals surface area contributed by atoms with Gasteiger partial charge in [0, 0.05) is 29.8 Å². The lowest BCUT2D eigenvalue weighted by atomic mass is 10.1. The lowest BCUT2D eigenvalue weighted by Crippen LogP contribution is -2.06. The second-order valence-corrected chi connectivity index (χ2v) is 7.76. The van der Waals surface area contributed by atoms with Crippen molar-refractivity contribution in [1.82, 2.24) is 0 Å². The summed E-state index contributed by atoms with van der Waals surface area (Å²) in [7, 11) is 0. The molecule has 3 aromatic rings. The van der Waals surface area contributed by atoms with Crippen LogP contribution in [-0.4, -0.2) is 31.7 Å². The fourth-order valence-electron chi connectivity index (χ4n) is 3.31. The Morgan fingerprint density at radius 2 is 1.53 bits per heavy atom. The number of hydrogen-bond donors (Lipinski definition) is 1. The second-order valence-electron chi connectivity index (χ2n) is 7.76. The predicted octanol–water partition coefficient (Wildman–Crippen LogP) is 5.19. The van der Waals surface area contributed by atoms with Crippen LogP contribution in [0.1, 0.15) is 16.7 Å². The van der Waals surface area contributed by atoms with Gasteiger partial charge in [0.05, 0.1) is 37.8 Å². The van der Waals surface area contributed by atoms with Gasteiger partial charge in [0.25, 0.3) is 17.1 Å². The molecule has 1 heterocycles. The topological polar surface area (TPSA) is 213 Å². The molecule has 1 aliphatic rings. The monoisotopic (exact) mass is 518 g/mol. The van der Waals surface area contributed by atoms with Crippen LogP contribution >= 0.6 is 0 Å². The zero-order valence-electron chi connectivity index (χ0n) is 19.2. The number of azo groups is 1. The summed E-state index contributed by atoms with van der Waals surface area (Å²) in [6.45, 7) is 1.63. The van der Waals surface area contributed by atoms with Crippen LogP contribution in [0, 0.1) is 37.3 Å². The van der Waals surface area contributed by atoms with Crippen LogP contribution in [0.5, 0.6) is 5.75 Å². The third kappa shape index (κ3) is 5.35. The van der Waals surface area contributed by atoms with Crippen LogP contribution in [0.3, 0.4) is 0 Å². The van der Waals surface area contributed by atoms with Gasteiger partial charge in [0.2, 0.25) is 5.90 Å². The van der Waals surface area contributed by atoms with Gasteiger partial charge < -0.3 is 9.84 Å². The first-order valence-electron chi connectivity index (χ1n) is 10.5. The Labute approximate surface area is 211 Å². The van der Waals surface area contributed by atoms with E-state index in [2.05, 4.69) is 15.2 Å². The number of nitro groups is 3. The maximum Gasteiger partial charge on any atom is 0.363 e. The van der Waals surface area contributed by atoms with Crippen molar-refractivity contribution in [2.45, 2.75) is 6.92 Å². The van der Waals surface area contributed by atoms with Crippen LogP contribution in [-0.2, 0) is 9.53 Å². The molecule has 0 spiro atoms. The van der Waals surface area contributed by atoms with E-state index in [0.717, 1.165) is 18.2 Å². The van der Waals surface area contributed by atoms with Gasteiger partial charge in [-0.25, -0.2) is 9.79 Å². The van der Waals surface area contributed by atoms with Crippen molar-refractivity contribution in [3.05, 3.63) is 107 Å². The Morgan fingerprint density at radius 1 is 0.868 bits per heavy atom. The number of phenols is 1. The third-order valence-corrected chi connectivity index (χ3v) is 5.16. The number of rotatable bonds is 7. The second kappa shape index (κ2) is 10.0. The highest BCUT2D eigenvalue weighted by Crippen LogP contribution is 2.31. The van der Waals surface area contributed by atoms with E-state index >= 15 is 0 Å². The average Bonchev–Trinajstić information content (AvgIpc) is 3.24. The molecule has 38 heavy (non-hydrogen) atoms. The van der Waals surface area contributed by atoms with Gasteiger partial charge in [-0.15, -0.1) is 0 Å². The number of hydrogen-bond acceptors (Lipinski definition) is 12. The van der Waals surface area contributed by atoms with Crippen molar-refractivity contribution in [3.63, 3.8) is 0 Å². The summed E-state index contributed by atoms with van der Waals surface area (Å²) in [6, 6.07) is 10.9. The first kappa shape index (κ1) is 25.2. The first-order chi connectivity index (χ1) is 18.0. The van der Waals surface area contributed by atoms with E-state index in [1.807, 2.05) is 0 Å². The van der Waals surface area contributed by atoms with E-state index in [-0.39, 0.29) is 33.9 Å². The number of ether oxygens (including phenoxy) is 1. The molecule has 0 fully saturated rings. The van der Waals surface area contributed by atoms with E-state index in [4.69, 9.17) is 4.74 Å². The SMILES string of the molecule is Cc1cc([N+](=O)[O-])ccc1N=Nc1ccc(O)c(/C=C2/N=C(c3cc([N+](=O)[O-])cc([N+](=O)[O-])c3)OC2=O)c1.